The fourth-order valence-electron chi connectivity index (χ4n) is 5.23. The van der Waals surface area contributed by atoms with Crippen LogP contribution in [0, 0.1) is 0 Å². The predicted octanol–water partition coefficient (Wildman–Crippen LogP) is 5.88. The van der Waals surface area contributed by atoms with Crippen LogP contribution in [0.3, 0.4) is 0 Å². The molecule has 0 amide bonds. The van der Waals surface area contributed by atoms with E-state index in [1.807, 2.05) is 27.5 Å². The first-order valence-electron chi connectivity index (χ1n) is 12.8. The molecule has 0 saturated carbocycles. The fourth-order valence-corrected chi connectivity index (χ4v) is 5.23. The van der Waals surface area contributed by atoms with E-state index in [0.29, 0.717) is 36.0 Å². The van der Waals surface area contributed by atoms with Crippen molar-refractivity contribution in [3.8, 4) is 17.1 Å². The van der Waals surface area contributed by atoms with Gasteiger partial charge in [0.05, 0.1) is 17.5 Å². The Balaban J connectivity index is 1.31. The Bertz CT molecular complexity index is 1650. The van der Waals surface area contributed by atoms with Crippen LogP contribution in [0.2, 0.25) is 0 Å². The average Bonchev–Trinajstić information content (AvgIpc) is 3.56. The van der Waals surface area contributed by atoms with Crippen molar-refractivity contribution in [3.63, 3.8) is 0 Å². The molecule has 1 aliphatic heterocycles. The molecule has 202 valence electrons. The second-order valence-electron chi connectivity index (χ2n) is 10.0. The van der Waals surface area contributed by atoms with Crippen LogP contribution in [-0.4, -0.2) is 61.6 Å². The lowest BCUT2D eigenvalue weighted by atomic mass is 10.1. The topological polar surface area (TPSA) is 84.7 Å². The molecular weight excluding hydrogens is 507 g/mol. The van der Waals surface area contributed by atoms with Gasteiger partial charge in [0.1, 0.15) is 0 Å². The van der Waals surface area contributed by atoms with Crippen molar-refractivity contribution in [1.29, 1.82) is 0 Å². The van der Waals surface area contributed by atoms with Gasteiger partial charge in [-0.1, -0.05) is 6.07 Å². The minimum absolute atomic E-state index is 0.101. The second-order valence-corrected chi connectivity index (χ2v) is 10.0. The Hall–Kier alpha value is -4.25. The molecule has 3 N–H and O–H groups in total. The van der Waals surface area contributed by atoms with Crippen molar-refractivity contribution in [2.24, 2.45) is 0 Å². The molecule has 0 spiro atoms. The summed E-state index contributed by atoms with van der Waals surface area (Å²) in [5.41, 5.74) is 1.88. The lowest BCUT2D eigenvalue weighted by molar-refractivity contribution is -0.137. The first-order valence-corrected chi connectivity index (χ1v) is 12.8. The number of aromatic nitrogens is 4. The molecule has 0 aliphatic carbocycles. The molecule has 5 aromatic rings. The highest BCUT2D eigenvalue weighted by molar-refractivity contribution is 5.91. The van der Waals surface area contributed by atoms with E-state index in [0.717, 1.165) is 35.8 Å². The van der Waals surface area contributed by atoms with Crippen LogP contribution in [-0.2, 0) is 6.18 Å². The number of alkyl halides is 3. The number of H-pyrrole nitrogens is 1. The molecule has 0 bridgehead atoms. The lowest BCUT2D eigenvalue weighted by Gasteiger charge is -2.39. The zero-order valence-electron chi connectivity index (χ0n) is 21.5. The maximum atomic E-state index is 14.2. The van der Waals surface area contributed by atoms with Gasteiger partial charge in [0.25, 0.3) is 0 Å². The van der Waals surface area contributed by atoms with Crippen LogP contribution >= 0.6 is 0 Å². The third kappa shape index (κ3) is 4.63. The van der Waals surface area contributed by atoms with Gasteiger partial charge in [-0.2, -0.15) is 13.2 Å². The number of benzene rings is 2. The zero-order valence-corrected chi connectivity index (χ0v) is 21.5. The van der Waals surface area contributed by atoms with E-state index >= 15 is 0 Å². The Morgan fingerprint density at radius 2 is 1.82 bits per heavy atom. The molecule has 0 radical (unpaired) electrons. The van der Waals surface area contributed by atoms with Gasteiger partial charge in [-0.3, -0.25) is 9.30 Å². The summed E-state index contributed by atoms with van der Waals surface area (Å²) in [5, 5.41) is 14.5. The molecule has 11 heteroatoms. The maximum absolute atomic E-state index is 14.2. The Kier molecular flexibility index (Phi) is 6.10. The highest BCUT2D eigenvalue weighted by Gasteiger charge is 2.36. The summed E-state index contributed by atoms with van der Waals surface area (Å²) < 4.78 is 44.3. The van der Waals surface area contributed by atoms with Gasteiger partial charge in [-0.05, 0) is 44.2 Å². The smallest absolute Gasteiger partial charge is 0.418 e. The largest absolute Gasteiger partial charge is 0.494 e. The minimum atomic E-state index is -4.51. The number of hydrogen-bond donors (Lipinski definition) is 3. The average molecular weight is 536 g/mol. The normalized spacial score (nSPS) is 15.1. The van der Waals surface area contributed by atoms with Crippen molar-refractivity contribution < 1.29 is 18.3 Å². The summed E-state index contributed by atoms with van der Waals surface area (Å²) in [6.45, 7) is 6.73. The number of aromatic hydroxyl groups is 1. The first kappa shape index (κ1) is 25.1. The molecule has 39 heavy (non-hydrogen) atoms. The minimum Gasteiger partial charge on any atom is -0.494 e. The third-order valence-electron chi connectivity index (χ3n) is 7.34. The summed E-state index contributed by atoms with van der Waals surface area (Å²) in [4.78, 5) is 15.8. The van der Waals surface area contributed by atoms with Gasteiger partial charge >= 0.3 is 6.18 Å². The number of nitrogens with one attached hydrogen (secondary N) is 2. The van der Waals surface area contributed by atoms with E-state index in [1.165, 1.54) is 6.07 Å². The van der Waals surface area contributed by atoms with Gasteiger partial charge in [0.15, 0.2) is 17.3 Å². The van der Waals surface area contributed by atoms with E-state index in [4.69, 9.17) is 0 Å². The molecule has 1 saturated heterocycles. The number of piperazine rings is 1. The summed E-state index contributed by atoms with van der Waals surface area (Å²) >= 11 is 0. The Labute approximate surface area is 222 Å². The van der Waals surface area contributed by atoms with Gasteiger partial charge in [-0.15, -0.1) is 0 Å². The molecule has 8 nitrogen and oxygen atoms in total. The Morgan fingerprint density at radius 3 is 2.56 bits per heavy atom. The summed E-state index contributed by atoms with van der Waals surface area (Å²) in [6, 6.07) is 10.3. The van der Waals surface area contributed by atoms with Crippen molar-refractivity contribution in [2.75, 3.05) is 36.4 Å². The third-order valence-corrected chi connectivity index (χ3v) is 7.34. The van der Waals surface area contributed by atoms with Gasteiger partial charge in [0.2, 0.25) is 0 Å². The van der Waals surface area contributed by atoms with Crippen LogP contribution in [0.1, 0.15) is 19.4 Å². The number of imidazole rings is 1. The van der Waals surface area contributed by atoms with Crippen molar-refractivity contribution in [3.05, 3.63) is 66.7 Å². The molecule has 4 heterocycles. The number of anilines is 3. The molecule has 1 fully saturated rings. The summed E-state index contributed by atoms with van der Waals surface area (Å²) in [6.07, 6.45) is 2.25. The van der Waals surface area contributed by atoms with E-state index in [1.54, 1.807) is 30.9 Å². The van der Waals surface area contributed by atoms with Crippen LogP contribution in [0.15, 0.2) is 61.2 Å². The van der Waals surface area contributed by atoms with Crippen LogP contribution in [0.5, 0.6) is 5.88 Å². The Morgan fingerprint density at radius 1 is 1.03 bits per heavy atom. The number of aromatic amines is 1. The molecule has 1 aliphatic rings. The molecule has 3 aromatic heterocycles. The van der Waals surface area contributed by atoms with Gasteiger partial charge in [0, 0.05) is 78.5 Å². The zero-order chi connectivity index (χ0) is 27.3. The number of halogens is 3. The standard InChI is InChI=1S/C28H28F3N7O/c1-17(2)36-9-11-37(12-10-36)23-6-4-20(14-22(23)28(29,30)31)35-25-26-32-7-8-38(26)24(16-33-25)18-3-5-21-19(13-18)15-34-27(21)39/h3-8,13-17,34,39H,9-12H2,1-2H3,(H,33,35). The number of rotatable bonds is 5. The highest BCUT2D eigenvalue weighted by Crippen LogP contribution is 2.39. The maximum Gasteiger partial charge on any atom is 0.418 e. The van der Waals surface area contributed by atoms with Crippen molar-refractivity contribution in [2.45, 2.75) is 26.1 Å². The quantitative estimate of drug-likeness (QED) is 0.261. The number of fused-ring (bicyclic) bond motifs is 2. The van der Waals surface area contributed by atoms with Crippen molar-refractivity contribution >= 4 is 33.6 Å². The monoisotopic (exact) mass is 535 g/mol. The van der Waals surface area contributed by atoms with E-state index < -0.39 is 11.7 Å². The molecule has 2 aromatic carbocycles. The summed E-state index contributed by atoms with van der Waals surface area (Å²) in [7, 11) is 0. The first-order chi connectivity index (χ1) is 18.7. The van der Waals surface area contributed by atoms with E-state index in [2.05, 4.69) is 39.0 Å². The number of nitrogens with zero attached hydrogens (tertiary/aromatic N) is 5. The van der Waals surface area contributed by atoms with E-state index in [9.17, 15) is 18.3 Å². The van der Waals surface area contributed by atoms with Crippen molar-refractivity contribution in [1.82, 2.24) is 24.3 Å². The highest BCUT2D eigenvalue weighted by atomic mass is 19.4. The molecular formula is C28H28F3N7O. The summed E-state index contributed by atoms with van der Waals surface area (Å²) in [5.74, 6) is 0.444. The fraction of sp³-hybridized carbons (Fsp3) is 0.286. The van der Waals surface area contributed by atoms with Crippen LogP contribution < -0.4 is 10.2 Å². The van der Waals surface area contributed by atoms with Crippen LogP contribution in [0.4, 0.5) is 30.4 Å². The second kappa shape index (κ2) is 9.49. The SMILES string of the molecule is CC(C)N1CCN(c2ccc(Nc3ncc(-c4ccc5c(O)[nH]cc5c4)n4ccnc34)cc2C(F)(F)F)CC1. The van der Waals surface area contributed by atoms with Gasteiger partial charge in [-0.25, -0.2) is 9.97 Å². The number of hydrogen-bond acceptors (Lipinski definition) is 6. The predicted molar refractivity (Wildman–Crippen MR) is 146 cm³/mol. The molecule has 0 atom stereocenters. The molecule has 6 rings (SSSR count). The lowest BCUT2D eigenvalue weighted by Crippen LogP contribution is -2.49. The van der Waals surface area contributed by atoms with Gasteiger partial charge < -0.3 is 20.3 Å². The van der Waals surface area contributed by atoms with Crippen LogP contribution in [0.25, 0.3) is 27.7 Å². The van der Waals surface area contributed by atoms with E-state index in [-0.39, 0.29) is 17.3 Å². The molecule has 0 unspecified atom stereocenters.